The van der Waals surface area contributed by atoms with Crippen LogP contribution in [0, 0.1) is 11.8 Å². The largest absolute Gasteiger partial charge is 0.337 e. The molecule has 1 aliphatic carbocycles. The van der Waals surface area contributed by atoms with Gasteiger partial charge in [0.05, 0.1) is 0 Å². The van der Waals surface area contributed by atoms with E-state index in [9.17, 15) is 4.79 Å². The van der Waals surface area contributed by atoms with Crippen molar-refractivity contribution in [1.82, 2.24) is 10.2 Å². The Bertz CT molecular complexity index is 260. The second-order valence-corrected chi connectivity index (χ2v) is 5.63. The van der Waals surface area contributed by atoms with Crippen molar-refractivity contribution in [3.63, 3.8) is 0 Å². The van der Waals surface area contributed by atoms with E-state index in [0.29, 0.717) is 17.9 Å². The summed E-state index contributed by atoms with van der Waals surface area (Å²) in [4.78, 5) is 14.2. The summed E-state index contributed by atoms with van der Waals surface area (Å²) in [5.41, 5.74) is 0. The average Bonchev–Trinajstić information content (AvgIpc) is 2.64. The zero-order valence-electron chi connectivity index (χ0n) is 10.9. The van der Waals surface area contributed by atoms with Crippen molar-refractivity contribution < 1.29 is 4.79 Å². The third-order valence-corrected chi connectivity index (χ3v) is 4.09. The van der Waals surface area contributed by atoms with Gasteiger partial charge in [0.25, 0.3) is 0 Å². The number of carbonyl (C=O) groups excluding carboxylic acids is 1. The van der Waals surface area contributed by atoms with Crippen molar-refractivity contribution >= 4 is 18.3 Å². The molecule has 2 aliphatic rings. The molecule has 3 nitrogen and oxygen atoms in total. The molecular formula is C13H25ClN2O. The normalized spacial score (nSPS) is 33.3. The number of halogens is 1. The van der Waals surface area contributed by atoms with Crippen LogP contribution in [0.5, 0.6) is 0 Å². The maximum absolute atomic E-state index is 12.2. The fourth-order valence-corrected chi connectivity index (χ4v) is 3.09. The van der Waals surface area contributed by atoms with Crippen molar-refractivity contribution in [2.75, 3.05) is 19.6 Å². The number of rotatable bonds is 2. The van der Waals surface area contributed by atoms with E-state index in [2.05, 4.69) is 24.1 Å². The highest BCUT2D eigenvalue weighted by molar-refractivity contribution is 5.85. The topological polar surface area (TPSA) is 32.3 Å². The first kappa shape index (κ1) is 14.8. The molecular weight excluding hydrogens is 236 g/mol. The molecule has 4 heteroatoms. The van der Waals surface area contributed by atoms with Gasteiger partial charge in [-0.15, -0.1) is 12.4 Å². The first-order chi connectivity index (χ1) is 7.66. The van der Waals surface area contributed by atoms with Crippen molar-refractivity contribution in [2.45, 2.75) is 45.6 Å². The Morgan fingerprint density at radius 2 is 2.12 bits per heavy atom. The summed E-state index contributed by atoms with van der Waals surface area (Å²) in [6.07, 6.45) is 4.61. The van der Waals surface area contributed by atoms with E-state index in [1.54, 1.807) is 0 Å². The van der Waals surface area contributed by atoms with Gasteiger partial charge < -0.3 is 10.2 Å². The van der Waals surface area contributed by atoms with E-state index < -0.39 is 0 Å². The van der Waals surface area contributed by atoms with Crippen molar-refractivity contribution in [2.24, 2.45) is 11.8 Å². The van der Waals surface area contributed by atoms with E-state index in [4.69, 9.17) is 0 Å². The molecule has 3 unspecified atom stereocenters. The highest BCUT2D eigenvalue weighted by Crippen LogP contribution is 2.33. The predicted molar refractivity (Wildman–Crippen MR) is 72.4 cm³/mol. The Balaban J connectivity index is 0.00000144. The average molecular weight is 261 g/mol. The van der Waals surface area contributed by atoms with E-state index in [1.807, 2.05) is 0 Å². The van der Waals surface area contributed by atoms with Gasteiger partial charge in [-0.3, -0.25) is 4.79 Å². The first-order valence-electron chi connectivity index (χ1n) is 6.67. The minimum atomic E-state index is 0. The third kappa shape index (κ3) is 3.85. The second kappa shape index (κ2) is 6.60. The van der Waals surface area contributed by atoms with Crippen LogP contribution in [-0.2, 0) is 4.79 Å². The minimum absolute atomic E-state index is 0. The molecule has 1 aliphatic heterocycles. The highest BCUT2D eigenvalue weighted by atomic mass is 35.5. The summed E-state index contributed by atoms with van der Waals surface area (Å²) in [5, 5.41) is 3.33. The lowest BCUT2D eigenvalue weighted by Crippen LogP contribution is -2.52. The summed E-state index contributed by atoms with van der Waals surface area (Å²) in [6.45, 7) is 7.24. The van der Waals surface area contributed by atoms with Gasteiger partial charge in [0.15, 0.2) is 0 Å². The molecule has 0 spiro atoms. The lowest BCUT2D eigenvalue weighted by atomic mass is 10.0. The van der Waals surface area contributed by atoms with Gasteiger partial charge in [0.1, 0.15) is 0 Å². The number of hydrogen-bond acceptors (Lipinski definition) is 2. The zero-order chi connectivity index (χ0) is 11.5. The van der Waals surface area contributed by atoms with E-state index in [1.165, 1.54) is 19.3 Å². The van der Waals surface area contributed by atoms with Crippen molar-refractivity contribution in [3.05, 3.63) is 0 Å². The van der Waals surface area contributed by atoms with Gasteiger partial charge in [0, 0.05) is 32.1 Å². The van der Waals surface area contributed by atoms with Crippen LogP contribution in [0.1, 0.15) is 39.5 Å². The van der Waals surface area contributed by atoms with Crippen LogP contribution in [0.4, 0.5) is 0 Å². The van der Waals surface area contributed by atoms with Gasteiger partial charge >= 0.3 is 0 Å². The van der Waals surface area contributed by atoms with Crippen molar-refractivity contribution in [1.29, 1.82) is 0 Å². The molecule has 1 saturated carbocycles. The number of hydrogen-bond donors (Lipinski definition) is 1. The fourth-order valence-electron chi connectivity index (χ4n) is 3.09. The monoisotopic (exact) mass is 260 g/mol. The Hall–Kier alpha value is -0.280. The predicted octanol–water partition coefficient (Wildman–Crippen LogP) is 2.05. The molecule has 1 amide bonds. The lowest BCUT2D eigenvalue weighted by molar-refractivity contribution is -0.134. The minimum Gasteiger partial charge on any atom is -0.337 e. The first-order valence-corrected chi connectivity index (χ1v) is 6.67. The van der Waals surface area contributed by atoms with Gasteiger partial charge in [-0.2, -0.15) is 0 Å². The quantitative estimate of drug-likeness (QED) is 0.824. The summed E-state index contributed by atoms with van der Waals surface area (Å²) in [5.74, 6) is 1.87. The van der Waals surface area contributed by atoms with E-state index in [-0.39, 0.29) is 12.4 Å². The number of carbonyl (C=O) groups is 1. The molecule has 1 N–H and O–H groups in total. The van der Waals surface area contributed by atoms with Crippen LogP contribution >= 0.6 is 12.4 Å². The van der Waals surface area contributed by atoms with Gasteiger partial charge in [0.2, 0.25) is 5.91 Å². The third-order valence-electron chi connectivity index (χ3n) is 4.09. The van der Waals surface area contributed by atoms with Crippen LogP contribution in [0.2, 0.25) is 0 Å². The fraction of sp³-hybridized carbons (Fsp3) is 0.923. The molecule has 2 rings (SSSR count). The summed E-state index contributed by atoms with van der Waals surface area (Å²) < 4.78 is 0. The van der Waals surface area contributed by atoms with E-state index >= 15 is 0 Å². The molecule has 2 fully saturated rings. The Morgan fingerprint density at radius 3 is 2.71 bits per heavy atom. The smallest absolute Gasteiger partial charge is 0.223 e. The Kier molecular flexibility index (Phi) is 5.74. The molecule has 0 aromatic rings. The summed E-state index contributed by atoms with van der Waals surface area (Å²) in [6, 6.07) is 0.375. The molecule has 1 heterocycles. The molecule has 0 bridgehead atoms. The van der Waals surface area contributed by atoms with Crippen LogP contribution in [0.25, 0.3) is 0 Å². The van der Waals surface area contributed by atoms with Crippen LogP contribution in [0.3, 0.4) is 0 Å². The second-order valence-electron chi connectivity index (χ2n) is 5.63. The number of nitrogens with one attached hydrogen (secondary N) is 1. The summed E-state index contributed by atoms with van der Waals surface area (Å²) >= 11 is 0. The molecule has 0 aromatic carbocycles. The molecule has 0 radical (unpaired) electrons. The molecule has 100 valence electrons. The van der Waals surface area contributed by atoms with Crippen molar-refractivity contribution in [3.8, 4) is 0 Å². The number of piperazine rings is 1. The Labute approximate surface area is 111 Å². The standard InChI is InChI=1S/C13H24N2O.ClH/c1-10-3-4-12(7-10)8-13(16)15-6-5-14-9-11(15)2;/h10-12,14H,3-9H2,1-2H3;1H. The van der Waals surface area contributed by atoms with Gasteiger partial charge in [-0.05, 0) is 31.6 Å². The molecule has 0 aromatic heterocycles. The maximum Gasteiger partial charge on any atom is 0.223 e. The van der Waals surface area contributed by atoms with Crippen LogP contribution in [-0.4, -0.2) is 36.5 Å². The zero-order valence-corrected chi connectivity index (χ0v) is 11.8. The van der Waals surface area contributed by atoms with Crippen LogP contribution < -0.4 is 5.32 Å². The van der Waals surface area contributed by atoms with Crippen LogP contribution in [0.15, 0.2) is 0 Å². The number of amides is 1. The summed E-state index contributed by atoms with van der Waals surface area (Å²) in [7, 11) is 0. The maximum atomic E-state index is 12.2. The lowest BCUT2D eigenvalue weighted by Gasteiger charge is -2.34. The van der Waals surface area contributed by atoms with Gasteiger partial charge in [-0.25, -0.2) is 0 Å². The molecule has 3 atom stereocenters. The molecule has 17 heavy (non-hydrogen) atoms. The highest BCUT2D eigenvalue weighted by Gasteiger charge is 2.28. The Morgan fingerprint density at radius 1 is 1.35 bits per heavy atom. The number of nitrogens with zero attached hydrogens (tertiary/aromatic N) is 1. The van der Waals surface area contributed by atoms with E-state index in [0.717, 1.165) is 32.0 Å². The molecule has 1 saturated heterocycles. The SMILES string of the molecule is CC1CCC(CC(=O)N2CCNCC2C)C1.Cl. The van der Waals surface area contributed by atoms with Gasteiger partial charge in [-0.1, -0.05) is 13.3 Å².